The Hall–Kier alpha value is -1.71. The van der Waals surface area contributed by atoms with E-state index >= 15 is 0 Å². The number of aromatic amines is 1. The maximum atomic E-state index is 11.0. The summed E-state index contributed by atoms with van der Waals surface area (Å²) in [6.45, 7) is 4.92. The normalized spacial score (nSPS) is 9.75. The van der Waals surface area contributed by atoms with Gasteiger partial charge in [0.1, 0.15) is 0 Å². The number of aromatic hydroxyl groups is 2. The van der Waals surface area contributed by atoms with E-state index in [9.17, 15) is 4.79 Å². The molecule has 0 fully saturated rings. The maximum absolute atomic E-state index is 11.0. The zero-order valence-electron chi connectivity index (χ0n) is 6.59. The second-order valence-corrected chi connectivity index (χ2v) is 2.39. The molecular weight excluding hydrogens is 158 g/mol. The van der Waals surface area contributed by atoms with Crippen LogP contribution < -0.4 is 5.43 Å². The molecule has 0 atom stereocenters. The molecule has 0 aliphatic carbocycles. The topological polar surface area (TPSA) is 73.3 Å². The predicted octanol–water partition coefficient (Wildman–Crippen LogP) is 0.738. The summed E-state index contributed by atoms with van der Waals surface area (Å²) >= 11 is 0. The van der Waals surface area contributed by atoms with Gasteiger partial charge in [0.25, 0.3) is 5.43 Å². The van der Waals surface area contributed by atoms with Crippen LogP contribution in [0, 0.1) is 6.92 Å². The average Bonchev–Trinajstić information content (AvgIpc) is 2.08. The van der Waals surface area contributed by atoms with Gasteiger partial charge < -0.3 is 15.2 Å². The highest BCUT2D eigenvalue weighted by Crippen LogP contribution is 2.16. The molecule has 0 spiro atoms. The summed E-state index contributed by atoms with van der Waals surface area (Å²) in [5.41, 5.74) is -0.246. The van der Waals surface area contributed by atoms with Gasteiger partial charge in [0.15, 0.2) is 11.5 Å². The molecule has 4 nitrogen and oxygen atoms in total. The van der Waals surface area contributed by atoms with E-state index in [1.807, 2.05) is 0 Å². The van der Waals surface area contributed by atoms with Gasteiger partial charge in [0.05, 0.1) is 11.4 Å². The first-order valence-corrected chi connectivity index (χ1v) is 3.35. The van der Waals surface area contributed by atoms with Crippen LogP contribution in [0.25, 0.3) is 6.08 Å². The molecule has 0 saturated carbocycles. The molecule has 1 aromatic heterocycles. The number of pyridine rings is 1. The van der Waals surface area contributed by atoms with Crippen molar-refractivity contribution >= 4 is 6.08 Å². The summed E-state index contributed by atoms with van der Waals surface area (Å²) in [5, 5.41) is 18.2. The van der Waals surface area contributed by atoms with Crippen LogP contribution in [0.5, 0.6) is 11.5 Å². The van der Waals surface area contributed by atoms with E-state index in [0.29, 0.717) is 5.69 Å². The van der Waals surface area contributed by atoms with E-state index in [1.165, 1.54) is 13.0 Å². The summed E-state index contributed by atoms with van der Waals surface area (Å²) in [6, 6.07) is 0. The second kappa shape index (κ2) is 2.73. The highest BCUT2D eigenvalue weighted by atomic mass is 16.3. The van der Waals surface area contributed by atoms with E-state index in [4.69, 9.17) is 10.2 Å². The summed E-state index contributed by atoms with van der Waals surface area (Å²) in [5.74, 6) is -0.966. The van der Waals surface area contributed by atoms with Crippen LogP contribution in [-0.2, 0) is 0 Å². The van der Waals surface area contributed by atoms with Gasteiger partial charge in [0, 0.05) is 0 Å². The molecule has 0 bridgehead atoms. The van der Waals surface area contributed by atoms with Crippen molar-refractivity contribution in [1.82, 2.24) is 4.98 Å². The lowest BCUT2D eigenvalue weighted by atomic mass is 10.2. The van der Waals surface area contributed by atoms with Gasteiger partial charge in [0.2, 0.25) is 0 Å². The minimum Gasteiger partial charge on any atom is -0.503 e. The lowest BCUT2D eigenvalue weighted by Crippen LogP contribution is -2.05. The van der Waals surface area contributed by atoms with Crippen LogP contribution in [0.3, 0.4) is 0 Å². The molecule has 0 saturated heterocycles. The van der Waals surface area contributed by atoms with Gasteiger partial charge in [-0.1, -0.05) is 6.58 Å². The summed E-state index contributed by atoms with van der Waals surface area (Å²) in [7, 11) is 0. The third-order valence-electron chi connectivity index (χ3n) is 1.57. The molecule has 0 unspecified atom stereocenters. The van der Waals surface area contributed by atoms with Crippen LogP contribution in [0.15, 0.2) is 11.4 Å². The molecule has 0 amide bonds. The zero-order valence-corrected chi connectivity index (χ0v) is 6.59. The van der Waals surface area contributed by atoms with Crippen molar-refractivity contribution in [3.63, 3.8) is 0 Å². The van der Waals surface area contributed by atoms with E-state index in [0.717, 1.165) is 0 Å². The molecule has 3 N–H and O–H groups in total. The summed E-state index contributed by atoms with van der Waals surface area (Å²) in [4.78, 5) is 13.6. The minimum atomic E-state index is -0.777. The van der Waals surface area contributed by atoms with Crippen molar-refractivity contribution < 1.29 is 10.2 Å². The summed E-state index contributed by atoms with van der Waals surface area (Å²) < 4.78 is 0. The number of hydrogen-bond acceptors (Lipinski definition) is 3. The fourth-order valence-corrected chi connectivity index (χ4v) is 0.873. The van der Waals surface area contributed by atoms with Gasteiger partial charge in [-0.15, -0.1) is 0 Å². The largest absolute Gasteiger partial charge is 0.503 e. The fraction of sp³-hybridized carbons (Fsp3) is 0.125. The Morgan fingerprint density at radius 3 is 2.50 bits per heavy atom. The quantitative estimate of drug-likeness (QED) is 0.577. The van der Waals surface area contributed by atoms with Crippen LogP contribution in [-0.4, -0.2) is 15.2 Å². The number of nitrogens with one attached hydrogen (secondary N) is 1. The lowest BCUT2D eigenvalue weighted by Gasteiger charge is -2.02. The Morgan fingerprint density at radius 2 is 2.00 bits per heavy atom. The molecule has 0 aromatic carbocycles. The average molecular weight is 167 g/mol. The smallest absolute Gasteiger partial charge is 0.265 e. The van der Waals surface area contributed by atoms with Crippen molar-refractivity contribution in [2.75, 3.05) is 0 Å². The number of aryl methyl sites for hydroxylation is 1. The molecule has 1 aromatic rings. The van der Waals surface area contributed by atoms with Gasteiger partial charge in [-0.05, 0) is 13.0 Å². The zero-order chi connectivity index (χ0) is 9.30. The number of aromatic nitrogens is 1. The molecule has 0 aliphatic heterocycles. The van der Waals surface area contributed by atoms with Crippen LogP contribution in [0.4, 0.5) is 0 Å². The first-order chi connectivity index (χ1) is 5.57. The van der Waals surface area contributed by atoms with Crippen molar-refractivity contribution in [3.8, 4) is 11.5 Å². The van der Waals surface area contributed by atoms with Crippen molar-refractivity contribution in [1.29, 1.82) is 0 Å². The van der Waals surface area contributed by atoms with Crippen molar-refractivity contribution in [2.24, 2.45) is 0 Å². The van der Waals surface area contributed by atoms with Crippen LogP contribution >= 0.6 is 0 Å². The molecule has 1 heterocycles. The van der Waals surface area contributed by atoms with E-state index in [1.54, 1.807) is 0 Å². The molecule has 4 heteroatoms. The highest BCUT2D eigenvalue weighted by molar-refractivity contribution is 5.53. The lowest BCUT2D eigenvalue weighted by molar-refractivity contribution is 0.432. The Bertz CT molecular complexity index is 379. The van der Waals surface area contributed by atoms with E-state index in [-0.39, 0.29) is 5.69 Å². The fourth-order valence-electron chi connectivity index (χ4n) is 0.873. The number of hydrogen-bond donors (Lipinski definition) is 3. The van der Waals surface area contributed by atoms with Crippen molar-refractivity contribution in [2.45, 2.75) is 6.92 Å². The Kier molecular flexibility index (Phi) is 1.91. The third kappa shape index (κ3) is 1.07. The Labute approximate surface area is 68.8 Å². The third-order valence-corrected chi connectivity index (χ3v) is 1.57. The van der Waals surface area contributed by atoms with Gasteiger partial charge >= 0.3 is 0 Å². The van der Waals surface area contributed by atoms with Gasteiger partial charge in [-0.2, -0.15) is 0 Å². The van der Waals surface area contributed by atoms with Crippen LogP contribution in [0.1, 0.15) is 11.4 Å². The molecule has 0 aliphatic rings. The molecular formula is C8H9NO3. The minimum absolute atomic E-state index is 0.218. The monoisotopic (exact) mass is 167 g/mol. The Balaban J connectivity index is 3.60. The van der Waals surface area contributed by atoms with E-state index < -0.39 is 16.9 Å². The predicted molar refractivity (Wildman–Crippen MR) is 45.2 cm³/mol. The number of rotatable bonds is 1. The SMILES string of the molecule is C=Cc1[nH]c(C)c(O)c(=O)c1O. The molecule has 0 radical (unpaired) electrons. The highest BCUT2D eigenvalue weighted by Gasteiger charge is 2.10. The number of H-pyrrole nitrogens is 1. The van der Waals surface area contributed by atoms with E-state index in [2.05, 4.69) is 11.6 Å². The summed E-state index contributed by atoms with van der Waals surface area (Å²) in [6.07, 6.45) is 1.31. The Morgan fingerprint density at radius 1 is 1.42 bits per heavy atom. The maximum Gasteiger partial charge on any atom is 0.265 e. The van der Waals surface area contributed by atoms with Gasteiger partial charge in [-0.25, -0.2) is 0 Å². The van der Waals surface area contributed by atoms with Crippen molar-refractivity contribution in [3.05, 3.63) is 28.2 Å². The second-order valence-electron chi connectivity index (χ2n) is 2.39. The molecule has 12 heavy (non-hydrogen) atoms. The first kappa shape index (κ1) is 8.39. The molecule has 1 rings (SSSR count). The van der Waals surface area contributed by atoms with Crippen LogP contribution in [0.2, 0.25) is 0 Å². The first-order valence-electron chi connectivity index (χ1n) is 3.35. The standard InChI is InChI=1S/C8H9NO3/c1-3-5-7(11)8(12)6(10)4(2)9-5/h3,10-11H,1H2,2H3,(H,9,12). The molecule has 64 valence electrons. The van der Waals surface area contributed by atoms with Gasteiger partial charge in [-0.3, -0.25) is 4.79 Å².